The molecule has 188 valence electrons. The number of benzene rings is 1. The lowest BCUT2D eigenvalue weighted by Crippen LogP contribution is -2.52. The number of amides is 2. The van der Waals surface area contributed by atoms with E-state index in [1.807, 2.05) is 19.1 Å². The molecule has 1 aromatic carbocycles. The minimum absolute atomic E-state index is 0.0424. The summed E-state index contributed by atoms with van der Waals surface area (Å²) < 4.78 is 13.7. The van der Waals surface area contributed by atoms with Crippen LogP contribution in [-0.2, 0) is 11.3 Å². The lowest BCUT2D eigenvalue weighted by atomic mass is 9.57. The highest BCUT2D eigenvalue weighted by atomic mass is 19.1. The minimum Gasteiger partial charge on any atom is -0.390 e. The predicted octanol–water partition coefficient (Wildman–Crippen LogP) is 4.38. The van der Waals surface area contributed by atoms with Crippen LogP contribution in [0.5, 0.6) is 0 Å². The molecular formula is C28H36FN3O3. The number of fused-ring (bicyclic) bond motifs is 1. The first-order chi connectivity index (χ1) is 16.5. The Morgan fingerprint density at radius 3 is 2.66 bits per heavy atom. The molecule has 4 rings (SSSR count). The Morgan fingerprint density at radius 2 is 1.94 bits per heavy atom. The summed E-state index contributed by atoms with van der Waals surface area (Å²) in [5.74, 6) is -0.651. The van der Waals surface area contributed by atoms with Crippen LogP contribution in [0.25, 0.3) is 0 Å². The molecule has 2 aliphatic carbocycles. The number of hydrogen-bond donors (Lipinski definition) is 3. The second-order valence-electron chi connectivity index (χ2n) is 11.4. The maximum Gasteiger partial charge on any atom is 0.251 e. The van der Waals surface area contributed by atoms with Gasteiger partial charge in [-0.2, -0.15) is 0 Å². The third-order valence-electron chi connectivity index (χ3n) is 8.26. The van der Waals surface area contributed by atoms with Gasteiger partial charge in [0.1, 0.15) is 5.82 Å². The Bertz CT molecular complexity index is 1070. The standard InChI is InChI=1S/C28H36FN3O3/c1-26(2)16-23(32-25(34)20-7-4-8-21(29)14-20)28(12-11-27(3,35)15-22(26)28)10-9-24(33)31-18-19-6-5-13-30-17-19/h4-8,13-14,17,22-23,35H,9-12,15-16,18H2,1-3H3,(H,31,33)(H,32,34). The lowest BCUT2D eigenvalue weighted by molar-refractivity contribution is -0.123. The van der Waals surface area contributed by atoms with Crippen molar-refractivity contribution < 1.29 is 19.1 Å². The highest BCUT2D eigenvalue weighted by Crippen LogP contribution is 2.63. The van der Waals surface area contributed by atoms with E-state index in [0.717, 1.165) is 18.4 Å². The number of aromatic nitrogens is 1. The highest BCUT2D eigenvalue weighted by molar-refractivity contribution is 5.94. The van der Waals surface area contributed by atoms with E-state index in [9.17, 15) is 19.1 Å². The average molecular weight is 482 g/mol. The van der Waals surface area contributed by atoms with Crippen LogP contribution in [0.1, 0.15) is 75.2 Å². The Hall–Kier alpha value is -2.80. The number of hydrogen-bond acceptors (Lipinski definition) is 4. The fraction of sp³-hybridized carbons (Fsp3) is 0.536. The number of pyridine rings is 1. The molecule has 1 aromatic heterocycles. The molecule has 0 aliphatic heterocycles. The Balaban J connectivity index is 1.53. The molecule has 2 saturated carbocycles. The van der Waals surface area contributed by atoms with Crippen LogP contribution in [0, 0.1) is 22.6 Å². The zero-order valence-electron chi connectivity index (χ0n) is 20.8. The molecule has 0 bridgehead atoms. The first-order valence-electron chi connectivity index (χ1n) is 12.5. The number of halogens is 1. The molecule has 2 aromatic rings. The van der Waals surface area contributed by atoms with E-state index in [0.29, 0.717) is 37.8 Å². The zero-order chi connectivity index (χ0) is 25.3. The van der Waals surface area contributed by atoms with Gasteiger partial charge in [-0.3, -0.25) is 14.6 Å². The summed E-state index contributed by atoms with van der Waals surface area (Å²) in [5, 5.41) is 17.1. The van der Waals surface area contributed by atoms with Crippen LogP contribution in [0.15, 0.2) is 48.8 Å². The van der Waals surface area contributed by atoms with Gasteiger partial charge in [0, 0.05) is 37.0 Å². The SMILES string of the molecule is CC1(O)CCC2(CCC(=O)NCc3cccnc3)C(NC(=O)c3cccc(F)c3)CC(C)(C)C2C1. The van der Waals surface area contributed by atoms with Gasteiger partial charge in [0.25, 0.3) is 5.91 Å². The number of carbonyl (C=O) groups excluding carboxylic acids is 2. The van der Waals surface area contributed by atoms with E-state index in [1.54, 1.807) is 18.5 Å². The van der Waals surface area contributed by atoms with Crippen LogP contribution < -0.4 is 10.6 Å². The fourth-order valence-corrected chi connectivity index (χ4v) is 6.44. The second-order valence-corrected chi connectivity index (χ2v) is 11.4. The molecule has 0 spiro atoms. The van der Waals surface area contributed by atoms with Crippen molar-refractivity contribution in [3.05, 3.63) is 65.7 Å². The first-order valence-corrected chi connectivity index (χ1v) is 12.5. The summed E-state index contributed by atoms with van der Waals surface area (Å²) in [6.07, 6.45) is 7.08. The molecule has 4 atom stereocenters. The van der Waals surface area contributed by atoms with Gasteiger partial charge in [-0.15, -0.1) is 0 Å². The maximum atomic E-state index is 13.7. The van der Waals surface area contributed by atoms with Gasteiger partial charge in [0.2, 0.25) is 5.91 Å². The van der Waals surface area contributed by atoms with Gasteiger partial charge in [-0.1, -0.05) is 26.0 Å². The number of rotatable bonds is 7. The molecule has 4 unspecified atom stereocenters. The van der Waals surface area contributed by atoms with Crippen molar-refractivity contribution in [3.63, 3.8) is 0 Å². The van der Waals surface area contributed by atoms with Gasteiger partial charge in [0.05, 0.1) is 5.60 Å². The monoisotopic (exact) mass is 481 g/mol. The van der Waals surface area contributed by atoms with Gasteiger partial charge in [-0.05, 0) is 85.6 Å². The summed E-state index contributed by atoms with van der Waals surface area (Å²) in [5.41, 5.74) is 0.0121. The maximum absolute atomic E-state index is 13.7. The highest BCUT2D eigenvalue weighted by Gasteiger charge is 2.61. The van der Waals surface area contributed by atoms with E-state index >= 15 is 0 Å². The van der Waals surface area contributed by atoms with E-state index in [-0.39, 0.29) is 34.6 Å². The average Bonchev–Trinajstić information content (AvgIpc) is 3.02. The van der Waals surface area contributed by atoms with Gasteiger partial charge in [-0.25, -0.2) is 4.39 Å². The van der Waals surface area contributed by atoms with Crippen molar-refractivity contribution in [1.82, 2.24) is 15.6 Å². The topological polar surface area (TPSA) is 91.3 Å². The molecule has 3 N–H and O–H groups in total. The molecular weight excluding hydrogens is 445 g/mol. The van der Waals surface area contributed by atoms with E-state index in [1.165, 1.54) is 18.2 Å². The number of nitrogens with zero attached hydrogens (tertiary/aromatic N) is 1. The Morgan fingerprint density at radius 1 is 1.14 bits per heavy atom. The van der Waals surface area contributed by atoms with Crippen LogP contribution >= 0.6 is 0 Å². The molecule has 2 fully saturated rings. The van der Waals surface area contributed by atoms with Crippen molar-refractivity contribution in [2.45, 2.75) is 77.5 Å². The minimum atomic E-state index is -0.768. The number of carbonyl (C=O) groups is 2. The summed E-state index contributed by atoms with van der Waals surface area (Å²) in [4.78, 5) is 30.0. The van der Waals surface area contributed by atoms with Crippen molar-refractivity contribution in [1.29, 1.82) is 0 Å². The molecule has 0 radical (unpaired) electrons. The summed E-state index contributed by atoms with van der Waals surface area (Å²) in [6, 6.07) is 9.30. The normalized spacial score (nSPS) is 29.3. The van der Waals surface area contributed by atoms with E-state index < -0.39 is 11.4 Å². The lowest BCUT2D eigenvalue weighted by Gasteiger charge is -2.50. The van der Waals surface area contributed by atoms with Crippen LogP contribution in [0.2, 0.25) is 0 Å². The zero-order valence-corrected chi connectivity index (χ0v) is 20.8. The van der Waals surface area contributed by atoms with Gasteiger partial charge < -0.3 is 15.7 Å². The van der Waals surface area contributed by atoms with E-state index in [2.05, 4.69) is 29.5 Å². The number of aliphatic hydroxyl groups is 1. The molecule has 6 nitrogen and oxygen atoms in total. The van der Waals surface area contributed by atoms with Crippen molar-refractivity contribution in [2.24, 2.45) is 16.7 Å². The summed E-state index contributed by atoms with van der Waals surface area (Å²) in [7, 11) is 0. The molecule has 35 heavy (non-hydrogen) atoms. The molecule has 7 heteroatoms. The van der Waals surface area contributed by atoms with Crippen LogP contribution in [0.3, 0.4) is 0 Å². The summed E-state index contributed by atoms with van der Waals surface area (Å²) in [6.45, 7) is 6.67. The molecule has 0 saturated heterocycles. The first kappa shape index (κ1) is 25.3. The van der Waals surface area contributed by atoms with Crippen molar-refractivity contribution in [2.75, 3.05) is 0 Å². The van der Waals surface area contributed by atoms with Crippen molar-refractivity contribution >= 4 is 11.8 Å². The summed E-state index contributed by atoms with van der Waals surface area (Å²) >= 11 is 0. The van der Waals surface area contributed by atoms with Crippen LogP contribution in [0.4, 0.5) is 4.39 Å². The second kappa shape index (κ2) is 9.69. The largest absolute Gasteiger partial charge is 0.390 e. The number of nitrogens with one attached hydrogen (secondary N) is 2. The van der Waals surface area contributed by atoms with E-state index in [4.69, 9.17) is 0 Å². The smallest absolute Gasteiger partial charge is 0.251 e. The van der Waals surface area contributed by atoms with Crippen LogP contribution in [-0.4, -0.2) is 33.5 Å². The van der Waals surface area contributed by atoms with Gasteiger partial charge >= 0.3 is 0 Å². The molecule has 2 amide bonds. The quantitative estimate of drug-likeness (QED) is 0.547. The Kier molecular flexibility index (Phi) is 7.00. The Labute approximate surface area is 206 Å². The van der Waals surface area contributed by atoms with Gasteiger partial charge in [0.15, 0.2) is 0 Å². The third kappa shape index (κ3) is 5.56. The van der Waals surface area contributed by atoms with Crippen molar-refractivity contribution in [3.8, 4) is 0 Å². The third-order valence-corrected chi connectivity index (χ3v) is 8.26. The molecule has 1 heterocycles. The fourth-order valence-electron chi connectivity index (χ4n) is 6.44. The molecule has 2 aliphatic rings. The predicted molar refractivity (Wildman–Crippen MR) is 132 cm³/mol.